The van der Waals surface area contributed by atoms with E-state index in [-0.39, 0.29) is 28.1 Å². The maximum atomic E-state index is 13.2. The number of carbonyl (C=O) groups excluding carboxylic acids is 2. The van der Waals surface area contributed by atoms with Crippen LogP contribution in [0.2, 0.25) is 0 Å². The van der Waals surface area contributed by atoms with E-state index in [0.717, 1.165) is 11.5 Å². The summed E-state index contributed by atoms with van der Waals surface area (Å²) in [5.74, 6) is -0.249. The molecule has 4 aromatic rings. The number of ether oxygens (including phenoxy) is 1. The summed E-state index contributed by atoms with van der Waals surface area (Å²) in [7, 11) is -2.59. The van der Waals surface area contributed by atoms with Crippen LogP contribution in [-0.2, 0) is 10.0 Å². The van der Waals surface area contributed by atoms with E-state index in [1.165, 1.54) is 31.5 Å². The maximum absolute atomic E-state index is 13.2. The van der Waals surface area contributed by atoms with Crippen molar-refractivity contribution in [2.75, 3.05) is 38.0 Å². The van der Waals surface area contributed by atoms with Gasteiger partial charge >= 0.3 is 0 Å². The number of hydrogen-bond acceptors (Lipinski definition) is 9. The maximum Gasteiger partial charge on any atom is 0.275 e. The van der Waals surface area contributed by atoms with Crippen LogP contribution in [0.25, 0.3) is 10.9 Å². The molecule has 1 fully saturated rings. The van der Waals surface area contributed by atoms with Gasteiger partial charge in [0.15, 0.2) is 5.69 Å². The third-order valence-corrected chi connectivity index (χ3v) is 7.91. The second kappa shape index (κ2) is 10.1. The summed E-state index contributed by atoms with van der Waals surface area (Å²) in [6.07, 6.45) is 1.54. The molecule has 1 saturated heterocycles. The second-order valence-electron chi connectivity index (χ2n) is 8.23. The van der Waals surface area contributed by atoms with Gasteiger partial charge in [0.25, 0.3) is 21.8 Å². The van der Waals surface area contributed by atoms with Crippen LogP contribution < -0.4 is 9.46 Å². The van der Waals surface area contributed by atoms with Crippen LogP contribution in [0.1, 0.15) is 20.8 Å². The zero-order valence-electron chi connectivity index (χ0n) is 19.7. The zero-order chi connectivity index (χ0) is 26.0. The van der Waals surface area contributed by atoms with E-state index in [1.54, 1.807) is 45.5 Å². The van der Waals surface area contributed by atoms with E-state index in [2.05, 4.69) is 19.3 Å². The van der Waals surface area contributed by atoms with Crippen molar-refractivity contribution in [1.82, 2.24) is 24.4 Å². The number of pyridine rings is 1. The van der Waals surface area contributed by atoms with Crippen molar-refractivity contribution in [1.29, 1.82) is 0 Å². The lowest BCUT2D eigenvalue weighted by atomic mass is 10.1. The molecule has 0 saturated carbocycles. The highest BCUT2D eigenvalue weighted by atomic mass is 32.2. The fourth-order valence-electron chi connectivity index (χ4n) is 4.12. The van der Waals surface area contributed by atoms with Crippen LogP contribution in [0.4, 0.5) is 5.69 Å². The number of methoxy groups -OCH3 is 1. The molecule has 0 spiro atoms. The molecule has 0 aliphatic carbocycles. The monoisotopic (exact) mass is 538 g/mol. The highest BCUT2D eigenvalue weighted by Crippen LogP contribution is 2.30. The Morgan fingerprint density at radius 3 is 2.43 bits per heavy atom. The molecular formula is C24H22N6O5S2. The minimum atomic E-state index is -3.99. The minimum Gasteiger partial charge on any atom is -0.495 e. The van der Waals surface area contributed by atoms with Crippen molar-refractivity contribution in [3.05, 3.63) is 71.4 Å². The predicted molar refractivity (Wildman–Crippen MR) is 137 cm³/mol. The Morgan fingerprint density at radius 1 is 1.00 bits per heavy atom. The van der Waals surface area contributed by atoms with E-state index >= 15 is 0 Å². The molecule has 1 N–H and O–H groups in total. The molecule has 0 atom stereocenters. The summed E-state index contributed by atoms with van der Waals surface area (Å²) in [6.45, 7) is 1.45. The van der Waals surface area contributed by atoms with Crippen LogP contribution in [0.15, 0.2) is 65.0 Å². The van der Waals surface area contributed by atoms with Gasteiger partial charge in [-0.05, 0) is 41.9 Å². The van der Waals surface area contributed by atoms with Crippen LogP contribution in [0.5, 0.6) is 5.75 Å². The molecule has 37 heavy (non-hydrogen) atoms. The number of carbonyl (C=O) groups is 2. The van der Waals surface area contributed by atoms with E-state index in [0.29, 0.717) is 48.3 Å². The highest BCUT2D eigenvalue weighted by Gasteiger charge is 2.27. The van der Waals surface area contributed by atoms with Gasteiger partial charge in [0.2, 0.25) is 0 Å². The standard InChI is InChI=1S/C24H22N6O5S2/c1-35-20-14-17(23(31)29-10-12-30(13-11-29)24(32)19-15-36-28-26-19)7-8-18(20)27-37(33,34)21-6-2-4-16-5-3-9-25-22(16)21/h2-9,14-15,27H,10-13H2,1H3. The fraction of sp³-hybridized carbons (Fsp3) is 0.208. The summed E-state index contributed by atoms with van der Waals surface area (Å²) in [4.78, 5) is 33.1. The number of hydrogen-bond donors (Lipinski definition) is 1. The Bertz CT molecular complexity index is 1560. The first-order chi connectivity index (χ1) is 17.9. The number of sulfonamides is 1. The molecule has 0 radical (unpaired) electrons. The average Bonchev–Trinajstić information content (AvgIpc) is 3.47. The van der Waals surface area contributed by atoms with Crippen molar-refractivity contribution in [3.8, 4) is 5.75 Å². The topological polar surface area (TPSA) is 135 Å². The number of benzene rings is 2. The fourth-order valence-corrected chi connectivity index (χ4v) is 5.80. The average molecular weight is 539 g/mol. The molecule has 11 nitrogen and oxygen atoms in total. The highest BCUT2D eigenvalue weighted by molar-refractivity contribution is 7.93. The number of nitrogens with zero attached hydrogens (tertiary/aromatic N) is 5. The molecule has 1 aliphatic heterocycles. The summed E-state index contributed by atoms with van der Waals surface area (Å²) >= 11 is 1.11. The number of amides is 2. The number of rotatable bonds is 6. The lowest BCUT2D eigenvalue weighted by Gasteiger charge is -2.34. The lowest BCUT2D eigenvalue weighted by Crippen LogP contribution is -2.50. The van der Waals surface area contributed by atoms with Crippen LogP contribution >= 0.6 is 11.5 Å². The lowest BCUT2D eigenvalue weighted by molar-refractivity contribution is 0.0532. The van der Waals surface area contributed by atoms with Gasteiger partial charge in [-0.25, -0.2) is 8.42 Å². The Labute approximate surface area is 216 Å². The molecule has 0 bridgehead atoms. The van der Waals surface area contributed by atoms with E-state index in [9.17, 15) is 18.0 Å². The second-order valence-corrected chi connectivity index (χ2v) is 10.5. The first kappa shape index (κ1) is 24.6. The summed E-state index contributed by atoms with van der Waals surface area (Å²) < 4.78 is 38.1. The van der Waals surface area contributed by atoms with Crippen molar-refractivity contribution in [2.24, 2.45) is 0 Å². The SMILES string of the molecule is COc1cc(C(=O)N2CCN(C(=O)c3csnn3)CC2)ccc1NS(=O)(=O)c1cccc2cccnc12. The first-order valence-corrected chi connectivity index (χ1v) is 13.6. The van der Waals surface area contributed by atoms with Gasteiger partial charge in [-0.1, -0.05) is 22.7 Å². The quantitative estimate of drug-likeness (QED) is 0.396. The molecule has 2 aromatic heterocycles. The van der Waals surface area contributed by atoms with Gasteiger partial charge in [0.1, 0.15) is 10.6 Å². The normalized spacial score (nSPS) is 14.0. The molecular weight excluding hydrogens is 516 g/mol. The Balaban J connectivity index is 1.31. The van der Waals surface area contributed by atoms with Crippen molar-refractivity contribution >= 4 is 50.0 Å². The third kappa shape index (κ3) is 4.95. The molecule has 3 heterocycles. The smallest absolute Gasteiger partial charge is 0.275 e. The number of nitrogens with one attached hydrogen (secondary N) is 1. The Kier molecular flexibility index (Phi) is 6.72. The van der Waals surface area contributed by atoms with Crippen molar-refractivity contribution < 1.29 is 22.7 Å². The molecule has 2 aromatic carbocycles. The molecule has 2 amide bonds. The van der Waals surface area contributed by atoms with Crippen molar-refractivity contribution in [3.63, 3.8) is 0 Å². The third-order valence-electron chi connectivity index (χ3n) is 6.01. The van der Waals surface area contributed by atoms with Gasteiger partial charge < -0.3 is 14.5 Å². The van der Waals surface area contributed by atoms with Crippen LogP contribution in [0, 0.1) is 0 Å². The Hall–Kier alpha value is -4.10. The first-order valence-electron chi connectivity index (χ1n) is 11.3. The number of aromatic nitrogens is 3. The molecule has 0 unspecified atom stereocenters. The molecule has 190 valence electrons. The summed E-state index contributed by atoms with van der Waals surface area (Å²) in [5.41, 5.74) is 1.19. The van der Waals surface area contributed by atoms with Gasteiger partial charge in [-0.3, -0.25) is 19.3 Å². The Morgan fingerprint density at radius 2 is 1.73 bits per heavy atom. The molecule has 5 rings (SSSR count). The van der Waals surface area contributed by atoms with E-state index in [4.69, 9.17) is 4.74 Å². The number of piperazine rings is 1. The van der Waals surface area contributed by atoms with Crippen molar-refractivity contribution in [2.45, 2.75) is 4.90 Å². The number of anilines is 1. The van der Waals surface area contributed by atoms with Crippen LogP contribution in [0.3, 0.4) is 0 Å². The molecule has 1 aliphatic rings. The number of para-hydroxylation sites is 1. The van der Waals surface area contributed by atoms with Gasteiger partial charge in [0.05, 0.1) is 18.3 Å². The van der Waals surface area contributed by atoms with Gasteiger partial charge in [-0.15, -0.1) is 5.10 Å². The van der Waals surface area contributed by atoms with Gasteiger partial charge in [-0.2, -0.15) is 0 Å². The van der Waals surface area contributed by atoms with Crippen LogP contribution in [-0.4, -0.2) is 77.9 Å². The number of fused-ring (bicyclic) bond motifs is 1. The van der Waals surface area contributed by atoms with E-state index < -0.39 is 10.0 Å². The zero-order valence-corrected chi connectivity index (χ0v) is 21.3. The molecule has 13 heteroatoms. The van der Waals surface area contributed by atoms with Gasteiger partial charge in [0, 0.05) is 48.7 Å². The summed E-state index contributed by atoms with van der Waals surface area (Å²) in [6, 6.07) is 13.0. The summed E-state index contributed by atoms with van der Waals surface area (Å²) in [5, 5.41) is 6.10. The minimum absolute atomic E-state index is 0.0358. The largest absolute Gasteiger partial charge is 0.495 e. The predicted octanol–water partition coefficient (Wildman–Crippen LogP) is 2.49. The van der Waals surface area contributed by atoms with E-state index in [1.807, 2.05) is 0 Å².